The molecule has 10 heteroatoms. The van der Waals surface area contributed by atoms with Gasteiger partial charge in [0.15, 0.2) is 17.5 Å². The number of aliphatic imine (C=N–C) groups is 2. The fourth-order valence-corrected chi connectivity index (χ4v) is 6.08. The molecule has 2 aliphatic rings. The molecule has 0 fully saturated rings. The van der Waals surface area contributed by atoms with E-state index in [9.17, 15) is 10.1 Å². The van der Waals surface area contributed by atoms with Crippen molar-refractivity contribution in [2.75, 3.05) is 10.2 Å². The summed E-state index contributed by atoms with van der Waals surface area (Å²) in [6, 6.07) is 30.9. The Bertz CT molecular complexity index is 2030. The third-order valence-corrected chi connectivity index (χ3v) is 8.46. The Morgan fingerprint density at radius 1 is 0.911 bits per heavy atom. The van der Waals surface area contributed by atoms with E-state index in [0.29, 0.717) is 23.2 Å². The number of aromatic nitrogens is 2. The number of halogens is 1. The average molecular weight is 616 g/mol. The van der Waals surface area contributed by atoms with E-state index >= 15 is 0 Å². The minimum absolute atomic E-state index is 0.000351. The van der Waals surface area contributed by atoms with Gasteiger partial charge in [-0.3, -0.25) is 10.1 Å². The van der Waals surface area contributed by atoms with Crippen molar-refractivity contribution >= 4 is 51.8 Å². The van der Waals surface area contributed by atoms with E-state index in [2.05, 4.69) is 55.3 Å². The van der Waals surface area contributed by atoms with Gasteiger partial charge in [-0.2, -0.15) is 5.10 Å². The van der Waals surface area contributed by atoms with Crippen LogP contribution in [0.1, 0.15) is 49.2 Å². The van der Waals surface area contributed by atoms with Crippen molar-refractivity contribution in [2.45, 2.75) is 39.2 Å². The maximum absolute atomic E-state index is 11.7. The summed E-state index contributed by atoms with van der Waals surface area (Å²) in [4.78, 5) is 23.6. The number of aryl methyl sites for hydroxylation is 1. The third kappa shape index (κ3) is 4.95. The van der Waals surface area contributed by atoms with Gasteiger partial charge in [-0.1, -0.05) is 87.0 Å². The lowest BCUT2D eigenvalue weighted by Crippen LogP contribution is -2.46. The summed E-state index contributed by atoms with van der Waals surface area (Å²) in [6.45, 7) is 8.63. The Labute approximate surface area is 265 Å². The number of rotatable bonds is 4. The number of nitro groups is 1. The highest BCUT2D eigenvalue weighted by atomic mass is 35.5. The van der Waals surface area contributed by atoms with Crippen LogP contribution in [0.3, 0.4) is 0 Å². The topological polar surface area (TPSA) is 101 Å². The number of nitro benzene ring substituents is 1. The number of anilines is 2. The number of nitrogens with one attached hydrogen (secondary N) is 1. The summed E-state index contributed by atoms with van der Waals surface area (Å²) in [6.07, 6.45) is 0. The predicted molar refractivity (Wildman–Crippen MR) is 180 cm³/mol. The first-order valence-corrected chi connectivity index (χ1v) is 15.0. The van der Waals surface area contributed by atoms with Gasteiger partial charge in [0, 0.05) is 17.3 Å². The van der Waals surface area contributed by atoms with Crippen molar-refractivity contribution in [3.63, 3.8) is 0 Å². The number of fused-ring (bicyclic) bond motifs is 4. The second kappa shape index (κ2) is 10.7. The summed E-state index contributed by atoms with van der Waals surface area (Å²) in [5, 5.41) is 20.1. The van der Waals surface area contributed by atoms with E-state index in [1.54, 1.807) is 6.07 Å². The van der Waals surface area contributed by atoms with Gasteiger partial charge in [0.25, 0.3) is 5.69 Å². The molecule has 0 saturated heterocycles. The number of hydrogen-bond acceptors (Lipinski definition) is 7. The molecular weight excluding hydrogens is 586 g/mol. The lowest BCUT2D eigenvalue weighted by molar-refractivity contribution is -0.384. The lowest BCUT2D eigenvalue weighted by Gasteiger charge is -2.40. The summed E-state index contributed by atoms with van der Waals surface area (Å²) in [5.41, 5.74) is 6.97. The highest BCUT2D eigenvalue weighted by Gasteiger charge is 2.41. The molecule has 4 aromatic carbocycles. The monoisotopic (exact) mass is 615 g/mol. The Balaban J connectivity index is 1.46. The minimum Gasteiger partial charge on any atom is -0.337 e. The molecule has 0 radical (unpaired) electrons. The van der Waals surface area contributed by atoms with E-state index in [4.69, 9.17) is 26.7 Å². The molecule has 0 spiro atoms. The first kappa shape index (κ1) is 28.5. The Morgan fingerprint density at radius 2 is 1.62 bits per heavy atom. The van der Waals surface area contributed by atoms with Gasteiger partial charge >= 0.3 is 0 Å². The molecule has 0 saturated carbocycles. The highest BCUT2D eigenvalue weighted by Crippen LogP contribution is 2.48. The van der Waals surface area contributed by atoms with Gasteiger partial charge in [0.2, 0.25) is 0 Å². The van der Waals surface area contributed by atoms with Gasteiger partial charge in [0.05, 0.1) is 33.7 Å². The summed E-state index contributed by atoms with van der Waals surface area (Å²) in [7, 11) is 0. The van der Waals surface area contributed by atoms with Crippen LogP contribution in [0.15, 0.2) is 107 Å². The molecule has 7 rings (SSSR count). The number of para-hydroxylation sites is 3. The van der Waals surface area contributed by atoms with Crippen LogP contribution in [-0.2, 0) is 5.41 Å². The Morgan fingerprint density at radius 3 is 2.33 bits per heavy atom. The minimum atomic E-state index is -0.499. The standard InChI is InChI=1S/C35H30ClN7O2/c1-21-30-31(22-14-16-23(17-15-22)35(2,3)4)41-28-13-9-8-12-27(28)38-32(37-24-18-19-26(36)29(20-24)43(44)45)34(41)39-33(30)42(40-21)25-10-6-5-7-11-25/h5-20,31H,1-4H3,(H,37,38)/t31-/m0/s1. The van der Waals surface area contributed by atoms with Crippen molar-refractivity contribution in [3.05, 3.63) is 135 Å². The molecule has 1 aromatic heterocycles. The quantitative estimate of drug-likeness (QED) is 0.161. The summed E-state index contributed by atoms with van der Waals surface area (Å²) < 4.78 is 1.87. The molecule has 0 amide bonds. The third-order valence-electron chi connectivity index (χ3n) is 8.14. The summed E-state index contributed by atoms with van der Waals surface area (Å²) >= 11 is 6.13. The van der Waals surface area contributed by atoms with Crippen molar-refractivity contribution in [2.24, 2.45) is 9.98 Å². The van der Waals surface area contributed by atoms with Crippen molar-refractivity contribution in [1.82, 2.24) is 9.78 Å². The molecule has 9 nitrogen and oxygen atoms in total. The molecule has 45 heavy (non-hydrogen) atoms. The van der Waals surface area contributed by atoms with Crippen molar-refractivity contribution < 1.29 is 4.92 Å². The molecule has 0 aliphatic carbocycles. The van der Waals surface area contributed by atoms with Crippen LogP contribution < -0.4 is 10.2 Å². The zero-order chi connectivity index (χ0) is 31.5. The van der Waals surface area contributed by atoms with Crippen molar-refractivity contribution in [1.29, 1.82) is 0 Å². The van der Waals surface area contributed by atoms with Gasteiger partial charge < -0.3 is 10.2 Å². The second-order valence-electron chi connectivity index (χ2n) is 12.1. The number of amidine groups is 2. The predicted octanol–water partition coefficient (Wildman–Crippen LogP) is 8.84. The molecule has 2 aliphatic heterocycles. The smallest absolute Gasteiger partial charge is 0.289 e. The van der Waals surface area contributed by atoms with Gasteiger partial charge in [0.1, 0.15) is 5.02 Å². The van der Waals surface area contributed by atoms with Crippen LogP contribution in [0.4, 0.5) is 28.6 Å². The molecular formula is C35H30ClN7O2. The van der Waals surface area contributed by atoms with E-state index in [-0.39, 0.29) is 22.2 Å². The molecule has 224 valence electrons. The van der Waals surface area contributed by atoms with Gasteiger partial charge in [-0.25, -0.2) is 14.7 Å². The zero-order valence-electron chi connectivity index (χ0n) is 25.2. The highest BCUT2D eigenvalue weighted by molar-refractivity contribution is 6.51. The van der Waals surface area contributed by atoms with E-state index in [0.717, 1.165) is 33.9 Å². The normalized spacial score (nSPS) is 15.4. The number of benzene rings is 4. The molecule has 1 atom stereocenters. The van der Waals surface area contributed by atoms with E-state index in [1.165, 1.54) is 17.7 Å². The fourth-order valence-electron chi connectivity index (χ4n) is 5.89. The molecule has 1 N–H and O–H groups in total. The van der Waals surface area contributed by atoms with Crippen LogP contribution in [0.5, 0.6) is 0 Å². The summed E-state index contributed by atoms with van der Waals surface area (Å²) in [5.74, 6) is 1.72. The Kier molecular flexibility index (Phi) is 6.78. The van der Waals surface area contributed by atoms with Crippen molar-refractivity contribution in [3.8, 4) is 5.69 Å². The van der Waals surface area contributed by atoms with E-state index in [1.807, 2.05) is 66.2 Å². The van der Waals surface area contributed by atoms with Crippen LogP contribution >= 0.6 is 11.6 Å². The number of nitrogens with zero attached hydrogens (tertiary/aromatic N) is 6. The molecule has 3 heterocycles. The van der Waals surface area contributed by atoms with Crippen LogP contribution in [0.25, 0.3) is 5.69 Å². The van der Waals surface area contributed by atoms with Crippen LogP contribution in [-0.4, -0.2) is 26.4 Å². The van der Waals surface area contributed by atoms with E-state index < -0.39 is 4.92 Å². The van der Waals surface area contributed by atoms with Crippen LogP contribution in [0, 0.1) is 17.0 Å². The van der Waals surface area contributed by atoms with Gasteiger partial charge in [-0.15, -0.1) is 0 Å². The second-order valence-corrected chi connectivity index (χ2v) is 12.6. The first-order valence-electron chi connectivity index (χ1n) is 14.6. The molecule has 5 aromatic rings. The van der Waals surface area contributed by atoms with Gasteiger partial charge in [-0.05, 0) is 59.9 Å². The van der Waals surface area contributed by atoms with Crippen LogP contribution in [0.2, 0.25) is 5.02 Å². The number of hydrogen-bond donors (Lipinski definition) is 1. The largest absolute Gasteiger partial charge is 0.337 e. The lowest BCUT2D eigenvalue weighted by atomic mass is 9.85. The average Bonchev–Trinajstić information content (AvgIpc) is 3.36. The fraction of sp³-hybridized carbons (Fsp3) is 0.171. The SMILES string of the molecule is Cc1nn(-c2ccccc2)c2c1[C@H](c1ccc(C(C)(C)C)cc1)N1C(=N2)C(Nc2ccc(Cl)c([N+](=O)[O-])c2)=Nc2ccccc21. The first-order chi connectivity index (χ1) is 21.6. The zero-order valence-corrected chi connectivity index (χ0v) is 25.9. The Hall–Kier alpha value is -5.28. The maximum Gasteiger partial charge on any atom is 0.289 e. The molecule has 0 unspecified atom stereocenters. The molecule has 0 bridgehead atoms. The maximum atomic E-state index is 11.7.